The summed E-state index contributed by atoms with van der Waals surface area (Å²) < 4.78 is 5.16. The van der Waals surface area contributed by atoms with Gasteiger partial charge in [-0.1, -0.05) is 0 Å². The van der Waals surface area contributed by atoms with Crippen LogP contribution < -0.4 is 10.1 Å². The van der Waals surface area contributed by atoms with Crippen LogP contribution in [-0.2, 0) is 0 Å². The third-order valence-electron chi connectivity index (χ3n) is 4.55. The van der Waals surface area contributed by atoms with Gasteiger partial charge >= 0.3 is 0 Å². The largest absolute Gasteiger partial charge is 0.497 e. The molecule has 1 unspecified atom stereocenters. The molecule has 5 nitrogen and oxygen atoms in total. The molecule has 1 heterocycles. The van der Waals surface area contributed by atoms with Crippen LogP contribution in [0.5, 0.6) is 5.75 Å². The number of carbonyl (C=O) groups excluding carboxylic acids is 1. The first-order valence-electron chi connectivity index (χ1n) is 8.43. The minimum atomic E-state index is -0.0282. The van der Waals surface area contributed by atoms with Gasteiger partial charge in [-0.2, -0.15) is 0 Å². The summed E-state index contributed by atoms with van der Waals surface area (Å²) in [6.07, 6.45) is 4.27. The molecule has 5 heteroatoms. The monoisotopic (exact) mass is 320 g/mol. The summed E-state index contributed by atoms with van der Waals surface area (Å²) in [7, 11) is 1.62. The fourth-order valence-corrected chi connectivity index (χ4v) is 3.15. The number of unbranched alkanes of at least 4 members (excludes halogenated alkanes) is 1. The number of rotatable bonds is 8. The topological polar surface area (TPSA) is 61.8 Å². The number of nitrogens with one attached hydrogen (secondary N) is 1. The zero-order valence-electron chi connectivity index (χ0n) is 14.2. The van der Waals surface area contributed by atoms with Gasteiger partial charge < -0.3 is 15.2 Å². The van der Waals surface area contributed by atoms with E-state index in [1.165, 1.54) is 6.42 Å². The van der Waals surface area contributed by atoms with Gasteiger partial charge in [-0.05, 0) is 69.5 Å². The Morgan fingerprint density at radius 3 is 2.96 bits per heavy atom. The highest BCUT2D eigenvalue weighted by atomic mass is 16.5. The molecule has 1 aliphatic heterocycles. The smallest absolute Gasteiger partial charge is 0.251 e. The molecule has 2 N–H and O–H groups in total. The molecule has 0 aromatic heterocycles. The van der Waals surface area contributed by atoms with Gasteiger partial charge in [-0.3, -0.25) is 9.69 Å². The standard InChI is InChI=1S/C18H28N2O3/c1-14-12-16(23-2)7-8-17(14)18(22)19-9-3-4-10-20-11-5-6-15(20)13-21/h7-8,12,15,21H,3-6,9-11,13H2,1-2H3,(H,19,22). The van der Waals surface area contributed by atoms with Crippen LogP contribution in [-0.4, -0.2) is 55.3 Å². The van der Waals surface area contributed by atoms with E-state index in [0.717, 1.165) is 43.7 Å². The summed E-state index contributed by atoms with van der Waals surface area (Å²) in [4.78, 5) is 14.5. The number of aliphatic hydroxyl groups is 1. The molecule has 2 rings (SSSR count). The quantitative estimate of drug-likeness (QED) is 0.719. The van der Waals surface area contributed by atoms with E-state index in [4.69, 9.17) is 4.74 Å². The SMILES string of the molecule is COc1ccc(C(=O)NCCCCN2CCCC2CO)c(C)c1. The van der Waals surface area contributed by atoms with Gasteiger partial charge in [0.05, 0.1) is 13.7 Å². The van der Waals surface area contributed by atoms with Crippen LogP contribution in [0.15, 0.2) is 18.2 Å². The minimum Gasteiger partial charge on any atom is -0.497 e. The number of hydrogen-bond donors (Lipinski definition) is 2. The molecule has 23 heavy (non-hydrogen) atoms. The summed E-state index contributed by atoms with van der Waals surface area (Å²) in [5, 5.41) is 12.3. The third kappa shape index (κ3) is 4.94. The molecule has 0 radical (unpaired) electrons. The van der Waals surface area contributed by atoms with Crippen molar-refractivity contribution in [2.45, 2.75) is 38.6 Å². The van der Waals surface area contributed by atoms with Crippen molar-refractivity contribution in [3.63, 3.8) is 0 Å². The summed E-state index contributed by atoms with van der Waals surface area (Å²) >= 11 is 0. The minimum absolute atomic E-state index is 0.0282. The average Bonchev–Trinajstić information content (AvgIpc) is 3.01. The molecule has 1 amide bonds. The number of carbonyl (C=O) groups is 1. The Bertz CT molecular complexity index is 519. The summed E-state index contributed by atoms with van der Waals surface area (Å²) in [5.74, 6) is 0.739. The highest BCUT2D eigenvalue weighted by molar-refractivity contribution is 5.95. The number of likely N-dealkylation sites (tertiary alicyclic amines) is 1. The first-order valence-corrected chi connectivity index (χ1v) is 8.43. The fourth-order valence-electron chi connectivity index (χ4n) is 3.15. The molecule has 0 spiro atoms. The van der Waals surface area contributed by atoms with Crippen LogP contribution >= 0.6 is 0 Å². The van der Waals surface area contributed by atoms with Crippen LogP contribution in [0.3, 0.4) is 0 Å². The second kappa shape index (κ2) is 8.89. The normalized spacial score (nSPS) is 18.1. The van der Waals surface area contributed by atoms with E-state index in [1.54, 1.807) is 13.2 Å². The molecule has 1 saturated heterocycles. The van der Waals surface area contributed by atoms with E-state index < -0.39 is 0 Å². The molecular formula is C18H28N2O3. The van der Waals surface area contributed by atoms with Crippen molar-refractivity contribution in [1.82, 2.24) is 10.2 Å². The molecule has 1 aromatic carbocycles. The number of aryl methyl sites for hydroxylation is 1. The van der Waals surface area contributed by atoms with Crippen molar-refractivity contribution < 1.29 is 14.6 Å². The predicted octanol–water partition coefficient (Wildman–Crippen LogP) is 1.97. The Morgan fingerprint density at radius 1 is 1.43 bits per heavy atom. The third-order valence-corrected chi connectivity index (χ3v) is 4.55. The lowest BCUT2D eigenvalue weighted by atomic mass is 10.1. The van der Waals surface area contributed by atoms with Crippen LogP contribution in [0.2, 0.25) is 0 Å². The van der Waals surface area contributed by atoms with Gasteiger partial charge in [-0.15, -0.1) is 0 Å². The van der Waals surface area contributed by atoms with Gasteiger partial charge in [0.1, 0.15) is 5.75 Å². The van der Waals surface area contributed by atoms with Crippen molar-refractivity contribution in [3.8, 4) is 5.75 Å². The maximum Gasteiger partial charge on any atom is 0.251 e. The lowest BCUT2D eigenvalue weighted by Gasteiger charge is -2.22. The molecule has 0 saturated carbocycles. The summed E-state index contributed by atoms with van der Waals surface area (Å²) in [6.45, 7) is 4.94. The molecule has 0 aliphatic carbocycles. The van der Waals surface area contributed by atoms with Gasteiger partial charge in [0.2, 0.25) is 0 Å². The van der Waals surface area contributed by atoms with Crippen LogP contribution in [0.4, 0.5) is 0 Å². The van der Waals surface area contributed by atoms with E-state index in [9.17, 15) is 9.90 Å². The van der Waals surface area contributed by atoms with Gasteiger partial charge in [-0.25, -0.2) is 0 Å². The summed E-state index contributed by atoms with van der Waals surface area (Å²) in [5.41, 5.74) is 1.62. The van der Waals surface area contributed by atoms with E-state index in [1.807, 2.05) is 19.1 Å². The first kappa shape index (κ1) is 17.8. The Kier molecular flexibility index (Phi) is 6.86. The van der Waals surface area contributed by atoms with Gasteiger partial charge in [0.25, 0.3) is 5.91 Å². The maximum atomic E-state index is 12.2. The van der Waals surface area contributed by atoms with Crippen molar-refractivity contribution >= 4 is 5.91 Å². The second-order valence-electron chi connectivity index (χ2n) is 6.16. The molecule has 0 bridgehead atoms. The van der Waals surface area contributed by atoms with Gasteiger partial charge in [0, 0.05) is 18.2 Å². The Morgan fingerprint density at radius 2 is 2.26 bits per heavy atom. The first-order chi connectivity index (χ1) is 11.2. The van der Waals surface area contributed by atoms with E-state index in [2.05, 4.69) is 10.2 Å². The Hall–Kier alpha value is -1.59. The van der Waals surface area contributed by atoms with Crippen molar-refractivity contribution in [2.75, 3.05) is 33.4 Å². The van der Waals surface area contributed by atoms with Crippen molar-refractivity contribution in [1.29, 1.82) is 0 Å². The van der Waals surface area contributed by atoms with Gasteiger partial charge in [0.15, 0.2) is 0 Å². The zero-order valence-corrected chi connectivity index (χ0v) is 14.2. The molecule has 1 atom stereocenters. The number of benzene rings is 1. The lowest BCUT2D eigenvalue weighted by molar-refractivity contribution is 0.0951. The molecular weight excluding hydrogens is 292 g/mol. The fraction of sp³-hybridized carbons (Fsp3) is 0.611. The second-order valence-corrected chi connectivity index (χ2v) is 6.16. The highest BCUT2D eigenvalue weighted by Crippen LogP contribution is 2.18. The van der Waals surface area contributed by atoms with E-state index in [-0.39, 0.29) is 12.5 Å². The maximum absolute atomic E-state index is 12.2. The van der Waals surface area contributed by atoms with E-state index in [0.29, 0.717) is 18.2 Å². The average molecular weight is 320 g/mol. The molecule has 1 aliphatic rings. The van der Waals surface area contributed by atoms with Crippen LogP contribution in [0.25, 0.3) is 0 Å². The number of hydrogen-bond acceptors (Lipinski definition) is 4. The predicted molar refractivity (Wildman–Crippen MR) is 91.0 cm³/mol. The van der Waals surface area contributed by atoms with Crippen molar-refractivity contribution in [2.24, 2.45) is 0 Å². The number of methoxy groups -OCH3 is 1. The number of ether oxygens (including phenoxy) is 1. The number of amides is 1. The van der Waals surface area contributed by atoms with Crippen LogP contribution in [0.1, 0.15) is 41.6 Å². The lowest BCUT2D eigenvalue weighted by Crippen LogP contribution is -2.33. The number of nitrogens with zero attached hydrogens (tertiary/aromatic N) is 1. The Balaban J connectivity index is 1.69. The molecule has 1 aromatic rings. The molecule has 128 valence electrons. The van der Waals surface area contributed by atoms with E-state index >= 15 is 0 Å². The summed E-state index contributed by atoms with van der Waals surface area (Å²) in [6, 6.07) is 5.83. The van der Waals surface area contributed by atoms with Crippen LogP contribution in [0, 0.1) is 6.92 Å². The highest BCUT2D eigenvalue weighted by Gasteiger charge is 2.22. The Labute approximate surface area is 138 Å². The van der Waals surface area contributed by atoms with Crippen molar-refractivity contribution in [3.05, 3.63) is 29.3 Å². The zero-order chi connectivity index (χ0) is 16.7. The molecule has 1 fully saturated rings. The number of aliphatic hydroxyl groups excluding tert-OH is 1.